The molecule has 1 aromatic carbocycles. The van der Waals surface area contributed by atoms with Crippen molar-refractivity contribution in [1.29, 1.82) is 0 Å². The van der Waals surface area contributed by atoms with Crippen LogP contribution in [-0.2, 0) is 33.7 Å². The molecule has 0 aliphatic carbocycles. The van der Waals surface area contributed by atoms with Crippen molar-refractivity contribution < 1.29 is 28.2 Å². The summed E-state index contributed by atoms with van der Waals surface area (Å²) in [6.45, 7) is 1.40. The van der Waals surface area contributed by atoms with E-state index in [0.29, 0.717) is 24.2 Å². The number of nitrogens with zero attached hydrogens (tertiary/aromatic N) is 3. The van der Waals surface area contributed by atoms with Crippen LogP contribution in [0.25, 0.3) is 0 Å². The summed E-state index contributed by atoms with van der Waals surface area (Å²) < 4.78 is 26.3. The number of ether oxygens (including phenoxy) is 2. The molecule has 186 valence electrons. The predicted octanol–water partition coefficient (Wildman–Crippen LogP) is 1.26. The van der Waals surface area contributed by atoms with Gasteiger partial charge in [0.2, 0.25) is 11.8 Å². The first-order chi connectivity index (χ1) is 16.8. The third-order valence-electron chi connectivity index (χ3n) is 6.53. The zero-order valence-corrected chi connectivity index (χ0v) is 19.8. The molecule has 2 aromatic rings. The molecule has 2 aliphatic rings. The minimum absolute atomic E-state index is 0.0222. The highest BCUT2D eigenvalue weighted by Gasteiger charge is 2.30. The highest BCUT2D eigenvalue weighted by molar-refractivity contribution is 5.93. The Bertz CT molecular complexity index is 1210. The summed E-state index contributed by atoms with van der Waals surface area (Å²) in [5.41, 5.74) is 0.525. The lowest BCUT2D eigenvalue weighted by molar-refractivity contribution is -0.130. The number of benzene rings is 1. The Morgan fingerprint density at radius 2 is 1.91 bits per heavy atom. The zero-order chi connectivity index (χ0) is 25.1. The number of rotatable bonds is 6. The van der Waals surface area contributed by atoms with Crippen LogP contribution in [0.2, 0.25) is 0 Å². The summed E-state index contributed by atoms with van der Waals surface area (Å²) in [4.78, 5) is 53.5. The smallest absolute Gasteiger partial charge is 0.343 e. The quantitative estimate of drug-likeness (QED) is 0.572. The van der Waals surface area contributed by atoms with E-state index in [-0.39, 0.29) is 73.7 Å². The van der Waals surface area contributed by atoms with Crippen LogP contribution >= 0.6 is 0 Å². The number of hydrogen-bond donors (Lipinski definition) is 0. The van der Waals surface area contributed by atoms with Crippen molar-refractivity contribution in [2.45, 2.75) is 25.8 Å². The molecule has 1 fully saturated rings. The van der Waals surface area contributed by atoms with Gasteiger partial charge in [0, 0.05) is 63.7 Å². The maximum Gasteiger partial charge on any atom is 0.343 e. The second-order valence-corrected chi connectivity index (χ2v) is 8.87. The van der Waals surface area contributed by atoms with E-state index in [2.05, 4.69) is 0 Å². The molecule has 9 nitrogen and oxygen atoms in total. The number of fused-ring (bicyclic) bond motifs is 1. The van der Waals surface area contributed by atoms with E-state index in [1.54, 1.807) is 35.0 Å². The van der Waals surface area contributed by atoms with Crippen LogP contribution in [0.1, 0.15) is 28.0 Å². The molecule has 1 aromatic heterocycles. The molecule has 0 bridgehead atoms. The first-order valence-electron chi connectivity index (χ1n) is 11.5. The number of carbonyl (C=O) groups excluding carboxylic acids is 3. The van der Waals surface area contributed by atoms with Gasteiger partial charge in [0.1, 0.15) is 17.1 Å². The van der Waals surface area contributed by atoms with E-state index in [1.165, 1.54) is 23.8 Å². The molecule has 2 amide bonds. The maximum atomic E-state index is 14.0. The van der Waals surface area contributed by atoms with Crippen molar-refractivity contribution >= 4 is 17.8 Å². The number of likely N-dealkylation sites (tertiary alicyclic amines) is 1. The summed E-state index contributed by atoms with van der Waals surface area (Å²) in [5.74, 6) is -1.27. The lowest BCUT2D eigenvalue weighted by Crippen LogP contribution is -2.35. The molecule has 35 heavy (non-hydrogen) atoms. The standard InChI is InChI=1S/C25H28FN3O6/c1-27-14-16(11-21(27)30)15-35-20-13-23(32)29-10-9-28(8-7-19(29)24(20)25(33)34-2)22(31)12-17-5-3-4-6-18(17)26/h3-6,13,16H,7-12,14-15H2,1-2H3/t16-/m1/s1. The van der Waals surface area contributed by atoms with Crippen LogP contribution in [0.3, 0.4) is 0 Å². The first kappa shape index (κ1) is 24.4. The number of pyridine rings is 1. The van der Waals surface area contributed by atoms with E-state index in [4.69, 9.17) is 9.47 Å². The van der Waals surface area contributed by atoms with Gasteiger partial charge in [0.15, 0.2) is 0 Å². The minimum Gasteiger partial charge on any atom is -0.492 e. The molecule has 0 unspecified atom stereocenters. The Morgan fingerprint density at radius 3 is 2.60 bits per heavy atom. The molecule has 1 saturated heterocycles. The molecule has 4 rings (SSSR count). The van der Waals surface area contributed by atoms with Gasteiger partial charge >= 0.3 is 5.97 Å². The van der Waals surface area contributed by atoms with Gasteiger partial charge < -0.3 is 23.8 Å². The van der Waals surface area contributed by atoms with Gasteiger partial charge in [0.05, 0.1) is 20.1 Å². The Morgan fingerprint density at radius 1 is 1.14 bits per heavy atom. The summed E-state index contributed by atoms with van der Waals surface area (Å²) in [7, 11) is 2.97. The van der Waals surface area contributed by atoms with Crippen molar-refractivity contribution in [3.05, 3.63) is 63.3 Å². The lowest BCUT2D eigenvalue weighted by atomic mass is 10.1. The van der Waals surface area contributed by atoms with Gasteiger partial charge in [-0.05, 0) is 11.6 Å². The molecule has 2 aliphatic heterocycles. The minimum atomic E-state index is -0.644. The van der Waals surface area contributed by atoms with Crippen molar-refractivity contribution in [2.75, 3.05) is 40.4 Å². The third kappa shape index (κ3) is 5.21. The molecule has 0 saturated carbocycles. The Balaban J connectivity index is 1.55. The first-order valence-corrected chi connectivity index (χ1v) is 11.5. The second-order valence-electron chi connectivity index (χ2n) is 8.87. The van der Waals surface area contributed by atoms with E-state index < -0.39 is 11.8 Å². The topological polar surface area (TPSA) is 98.2 Å². The van der Waals surface area contributed by atoms with Crippen molar-refractivity contribution in [3.8, 4) is 5.75 Å². The summed E-state index contributed by atoms with van der Waals surface area (Å²) in [6.07, 6.45) is 0.474. The van der Waals surface area contributed by atoms with E-state index >= 15 is 0 Å². The van der Waals surface area contributed by atoms with Crippen molar-refractivity contribution in [1.82, 2.24) is 14.4 Å². The number of methoxy groups -OCH3 is 1. The monoisotopic (exact) mass is 485 g/mol. The van der Waals surface area contributed by atoms with Crippen LogP contribution in [-0.4, -0.2) is 72.5 Å². The molecule has 10 heteroatoms. The molecule has 0 radical (unpaired) electrons. The maximum absolute atomic E-state index is 14.0. The highest BCUT2D eigenvalue weighted by atomic mass is 19.1. The largest absolute Gasteiger partial charge is 0.492 e. The van der Waals surface area contributed by atoms with Gasteiger partial charge in [-0.25, -0.2) is 9.18 Å². The second kappa shape index (κ2) is 10.3. The van der Waals surface area contributed by atoms with Crippen molar-refractivity contribution in [3.63, 3.8) is 0 Å². The summed E-state index contributed by atoms with van der Waals surface area (Å²) >= 11 is 0. The molecule has 0 spiro atoms. The fourth-order valence-corrected chi connectivity index (χ4v) is 4.63. The van der Waals surface area contributed by atoms with E-state index in [0.717, 1.165) is 0 Å². The van der Waals surface area contributed by atoms with Gasteiger partial charge in [-0.3, -0.25) is 14.4 Å². The van der Waals surface area contributed by atoms with Gasteiger partial charge in [-0.15, -0.1) is 0 Å². The molecule has 3 heterocycles. The number of amides is 2. The average Bonchev–Trinajstić information content (AvgIpc) is 3.02. The van der Waals surface area contributed by atoms with Crippen LogP contribution in [0.15, 0.2) is 35.1 Å². The fourth-order valence-electron chi connectivity index (χ4n) is 4.63. The summed E-state index contributed by atoms with van der Waals surface area (Å²) in [6, 6.07) is 7.37. The molecule has 1 atom stereocenters. The summed E-state index contributed by atoms with van der Waals surface area (Å²) in [5, 5.41) is 0. The Kier molecular flexibility index (Phi) is 7.18. The molecule has 0 N–H and O–H groups in total. The van der Waals surface area contributed by atoms with Gasteiger partial charge in [-0.2, -0.15) is 0 Å². The Labute approximate surface area is 202 Å². The Hall–Kier alpha value is -3.69. The van der Waals surface area contributed by atoms with Gasteiger partial charge in [-0.1, -0.05) is 18.2 Å². The number of carbonyl (C=O) groups is 3. The zero-order valence-electron chi connectivity index (χ0n) is 19.8. The van der Waals surface area contributed by atoms with Crippen LogP contribution in [0.5, 0.6) is 5.75 Å². The average molecular weight is 486 g/mol. The fraction of sp³-hybridized carbons (Fsp3) is 0.440. The third-order valence-corrected chi connectivity index (χ3v) is 6.53. The highest BCUT2D eigenvalue weighted by Crippen LogP contribution is 2.26. The lowest BCUT2D eigenvalue weighted by Gasteiger charge is -2.20. The number of esters is 1. The number of aromatic nitrogens is 1. The molecular formula is C25H28FN3O6. The van der Waals surface area contributed by atoms with Crippen LogP contribution in [0.4, 0.5) is 4.39 Å². The predicted molar refractivity (Wildman–Crippen MR) is 124 cm³/mol. The molecular weight excluding hydrogens is 457 g/mol. The van der Waals surface area contributed by atoms with Crippen LogP contribution < -0.4 is 10.3 Å². The normalized spacial score (nSPS) is 17.7. The SMILES string of the molecule is COC(=O)c1c(OC[C@@H]2CC(=O)N(C)C2)cc(=O)n2c1CCN(C(=O)Cc1ccccc1F)CC2. The van der Waals surface area contributed by atoms with E-state index in [1.807, 2.05) is 0 Å². The van der Waals surface area contributed by atoms with Crippen LogP contribution in [0, 0.1) is 11.7 Å². The number of halogens is 1. The van der Waals surface area contributed by atoms with Gasteiger partial charge in [0.25, 0.3) is 5.56 Å². The van der Waals surface area contributed by atoms with E-state index in [9.17, 15) is 23.6 Å². The van der Waals surface area contributed by atoms with Crippen molar-refractivity contribution in [2.24, 2.45) is 5.92 Å². The number of hydrogen-bond acceptors (Lipinski definition) is 6.